The first kappa shape index (κ1) is 105. The Labute approximate surface area is 698 Å². The van der Waals surface area contributed by atoms with Crippen LogP contribution in [0.25, 0.3) is 0 Å². The number of imide groups is 1. The molecule has 0 unspecified atom stereocenters. The fourth-order valence-corrected chi connectivity index (χ4v) is 13.1. The predicted molar refractivity (Wildman–Crippen MR) is 418 cm³/mol. The Hall–Kier alpha value is -7.41. The van der Waals surface area contributed by atoms with E-state index in [1.807, 2.05) is 0 Å². The zero-order valence-corrected chi connectivity index (χ0v) is 69.3. The van der Waals surface area contributed by atoms with E-state index in [1.165, 1.54) is 20.8 Å². The van der Waals surface area contributed by atoms with Crippen LogP contribution < -0.4 is 53.2 Å². The van der Waals surface area contributed by atoms with Crippen molar-refractivity contribution in [2.75, 3.05) is 119 Å². The molecule has 4 fully saturated rings. The maximum absolute atomic E-state index is 14.0. The van der Waals surface area contributed by atoms with Gasteiger partial charge in [-0.15, -0.1) is 5.06 Å². The maximum atomic E-state index is 14.0. The molecule has 0 aromatic rings. The monoisotopic (exact) mass is 1720 g/mol. The minimum atomic E-state index is -1.47. The van der Waals surface area contributed by atoms with Crippen molar-refractivity contribution in [1.29, 1.82) is 0 Å². The smallest absolute Gasteiger partial charge is 0.333 e. The summed E-state index contributed by atoms with van der Waals surface area (Å²) in [6, 6.07) is -3.31. The van der Waals surface area contributed by atoms with Crippen molar-refractivity contribution in [2.24, 2.45) is 0 Å². The van der Waals surface area contributed by atoms with Crippen molar-refractivity contribution in [3.05, 3.63) is 0 Å². The Balaban J connectivity index is 1.29. The van der Waals surface area contributed by atoms with Crippen molar-refractivity contribution in [1.82, 2.24) is 58.2 Å². The fourth-order valence-electron chi connectivity index (χ4n) is 13.1. The first-order valence-electron chi connectivity index (χ1n) is 41.8. The van der Waals surface area contributed by atoms with E-state index in [1.54, 1.807) is 0 Å². The standard InChI is InChI=1S/C77H133N11O32/c1-49(92)84-65-71(108)68(105)52(43-89)117-74(65)114-37-15-12-21-55(95)78-31-18-34-81-58(98)28-40-111-46-77(87-61(101)24-10-8-6-4-5-7-9-11-25-64(104)120-88-62(102)26-27-63(88)103,47-112-41-29-59(99)82-35-19-32-79-56(96)22-13-16-38-115-75-66(85-50(2)93)72(109)69(106)53(44-90)118-75)48-113-42-30-60(100)83-36-20-33-80-57(97)23-14-17-39-116-76-67(86-51(3)94)73(110)70(107)54(45-91)119-76/h52-54,65-76,89-91,105-110H,4-48H2,1-3H3,(H,78,95)(H,79,96)(H,80,97)(H,81,98)(H,82,99)(H,83,100)(H,84,92)(H,85,93)(H,86,94)(H,87,101)/t52-,53-,54-,65-,66-,67-,68+,69+,70+,71-,72-,73-,74-,75-,76-/m1/s1. The molecule has 43 heteroatoms. The fraction of sp³-hybridized carbons (Fsp3) is 0.831. The molecule has 0 aromatic heterocycles. The van der Waals surface area contributed by atoms with Crippen LogP contribution in [-0.4, -0.2) is 344 Å². The van der Waals surface area contributed by atoms with Crippen LogP contribution in [0, 0.1) is 0 Å². The number of amides is 12. The van der Waals surface area contributed by atoms with Crippen LogP contribution in [0.15, 0.2) is 0 Å². The van der Waals surface area contributed by atoms with Crippen molar-refractivity contribution in [3.63, 3.8) is 0 Å². The topological polar surface area (TPSA) is 620 Å². The van der Waals surface area contributed by atoms with E-state index in [0.29, 0.717) is 88.5 Å². The molecule has 0 spiro atoms. The summed E-state index contributed by atoms with van der Waals surface area (Å²) in [4.78, 5) is 167. The molecule has 4 heterocycles. The van der Waals surface area contributed by atoms with E-state index in [-0.39, 0.29) is 181 Å². The number of hydrogen-bond donors (Lipinski definition) is 19. The lowest BCUT2D eigenvalue weighted by molar-refractivity contribution is -0.270. The van der Waals surface area contributed by atoms with Crippen molar-refractivity contribution in [2.45, 2.75) is 292 Å². The molecule has 688 valence electrons. The summed E-state index contributed by atoms with van der Waals surface area (Å²) in [5.41, 5.74) is -1.45. The molecule has 19 N–H and O–H groups in total. The number of nitrogens with one attached hydrogen (secondary N) is 10. The van der Waals surface area contributed by atoms with Gasteiger partial charge in [-0.1, -0.05) is 38.5 Å². The van der Waals surface area contributed by atoms with Gasteiger partial charge < -0.3 is 147 Å². The maximum Gasteiger partial charge on any atom is 0.333 e. The minimum Gasteiger partial charge on any atom is -0.394 e. The number of hydrogen-bond acceptors (Lipinski definition) is 32. The molecule has 0 radical (unpaired) electrons. The number of nitrogens with zero attached hydrogens (tertiary/aromatic N) is 1. The number of ether oxygens (including phenoxy) is 9. The Kier molecular flexibility index (Phi) is 52.6. The van der Waals surface area contributed by atoms with E-state index >= 15 is 0 Å². The highest BCUT2D eigenvalue weighted by molar-refractivity contribution is 6.01. The number of carbonyl (C=O) groups excluding carboxylic acids is 13. The Morgan fingerprint density at radius 3 is 0.908 bits per heavy atom. The molecule has 4 aliphatic heterocycles. The number of aliphatic hydroxyl groups excluding tert-OH is 9. The molecule has 0 aliphatic carbocycles. The average Bonchev–Trinajstić information content (AvgIpc) is 1.46. The summed E-state index contributed by atoms with van der Waals surface area (Å²) in [7, 11) is 0. The van der Waals surface area contributed by atoms with Crippen LogP contribution in [0.1, 0.15) is 194 Å². The lowest BCUT2D eigenvalue weighted by Gasteiger charge is -2.42. The number of carbonyl (C=O) groups is 13. The summed E-state index contributed by atoms with van der Waals surface area (Å²) in [6.07, 6.45) is -6.51. The normalized spacial score (nSPS) is 23.6. The first-order valence-corrected chi connectivity index (χ1v) is 41.8. The third-order valence-corrected chi connectivity index (χ3v) is 19.7. The largest absolute Gasteiger partial charge is 0.394 e. The second-order valence-electron chi connectivity index (χ2n) is 30.1. The highest BCUT2D eigenvalue weighted by Gasteiger charge is 2.48. The molecule has 0 bridgehead atoms. The van der Waals surface area contributed by atoms with Gasteiger partial charge in [0.1, 0.15) is 78.6 Å². The van der Waals surface area contributed by atoms with E-state index in [4.69, 9.17) is 47.5 Å². The van der Waals surface area contributed by atoms with E-state index < -0.39 is 176 Å². The van der Waals surface area contributed by atoms with Crippen LogP contribution >= 0.6 is 0 Å². The lowest BCUT2D eigenvalue weighted by Crippen LogP contribution is -2.64. The van der Waals surface area contributed by atoms with Crippen LogP contribution in [0.5, 0.6) is 0 Å². The molecule has 43 nitrogen and oxygen atoms in total. The van der Waals surface area contributed by atoms with E-state index in [9.17, 15) is 108 Å². The van der Waals surface area contributed by atoms with Crippen molar-refractivity contribution >= 4 is 76.9 Å². The molecule has 12 amide bonds. The Morgan fingerprint density at radius 1 is 0.350 bits per heavy atom. The minimum absolute atomic E-state index is 0.000607. The van der Waals surface area contributed by atoms with Gasteiger partial charge in [-0.05, 0) is 70.6 Å². The van der Waals surface area contributed by atoms with Gasteiger partial charge in [-0.3, -0.25) is 57.5 Å². The molecule has 4 saturated heterocycles. The summed E-state index contributed by atoms with van der Waals surface area (Å²) < 4.78 is 52.1. The number of aliphatic hydroxyl groups is 9. The Bertz CT molecular complexity index is 2840. The molecular formula is C77H133N11O32. The molecule has 4 aliphatic rings. The third-order valence-electron chi connectivity index (χ3n) is 19.7. The quantitative estimate of drug-likeness (QED) is 0.0200. The highest BCUT2D eigenvalue weighted by Crippen LogP contribution is 2.27. The van der Waals surface area contributed by atoms with Crippen molar-refractivity contribution in [3.8, 4) is 0 Å². The molecular weight excluding hydrogens is 1590 g/mol. The lowest BCUT2D eigenvalue weighted by atomic mass is 9.97. The second kappa shape index (κ2) is 60.2. The zero-order valence-electron chi connectivity index (χ0n) is 69.3. The van der Waals surface area contributed by atoms with Crippen LogP contribution in [0.4, 0.5) is 0 Å². The predicted octanol–water partition coefficient (Wildman–Crippen LogP) is -5.17. The summed E-state index contributed by atoms with van der Waals surface area (Å²) in [5, 5.41) is 119. The second-order valence-corrected chi connectivity index (χ2v) is 30.1. The number of hydroxylamine groups is 2. The van der Waals surface area contributed by atoms with Gasteiger partial charge >= 0.3 is 5.97 Å². The van der Waals surface area contributed by atoms with Gasteiger partial charge in [0.25, 0.3) is 11.8 Å². The van der Waals surface area contributed by atoms with Gasteiger partial charge in [0.15, 0.2) is 18.9 Å². The van der Waals surface area contributed by atoms with E-state index in [2.05, 4.69) is 53.2 Å². The van der Waals surface area contributed by atoms with Gasteiger partial charge in [0.05, 0.1) is 59.5 Å². The van der Waals surface area contributed by atoms with Gasteiger partial charge in [-0.25, -0.2) is 4.79 Å². The van der Waals surface area contributed by atoms with Crippen LogP contribution in [0.3, 0.4) is 0 Å². The first-order chi connectivity index (χ1) is 57.5. The number of rotatable bonds is 64. The molecule has 4 rings (SSSR count). The SMILES string of the molecule is CC(=O)N[C@H]1[C@H](OCCCCC(=O)NCCCNC(=O)CCOCC(COCCC(=O)NCCCNC(=O)CCCCO[C@@H]2O[C@H](CO)[C@H](O)[C@H](O)[C@H]2NC(C)=O)(COCCC(=O)NCCCNC(=O)CCCCO[C@@H]2O[C@H](CO)[C@H](O)[C@H](O)[C@H]2NC(C)=O)NC(=O)CCCCCCCCCCC(=O)ON2C(=O)CCC2=O)O[C@H](CO)[C@H](O)[C@@H]1O. The Morgan fingerprint density at radius 2 is 0.617 bits per heavy atom. The van der Waals surface area contributed by atoms with Crippen LogP contribution in [-0.2, 0) is 110 Å². The summed E-state index contributed by atoms with van der Waals surface area (Å²) >= 11 is 0. The summed E-state index contributed by atoms with van der Waals surface area (Å²) in [6.45, 7) is 2.07. The zero-order chi connectivity index (χ0) is 88.2. The van der Waals surface area contributed by atoms with Crippen molar-refractivity contribution < 1.29 is 156 Å². The summed E-state index contributed by atoms with van der Waals surface area (Å²) in [5.74, 6) is -5.61. The molecule has 0 aromatic carbocycles. The number of unbranched alkanes of at least 4 members (excludes halogenated alkanes) is 10. The highest BCUT2D eigenvalue weighted by atomic mass is 16.7. The van der Waals surface area contributed by atoms with Gasteiger partial charge in [0, 0.05) is 144 Å². The van der Waals surface area contributed by atoms with Crippen LogP contribution in [0.2, 0.25) is 0 Å². The molecule has 0 saturated carbocycles. The van der Waals surface area contributed by atoms with Gasteiger partial charge in [0.2, 0.25) is 59.1 Å². The van der Waals surface area contributed by atoms with E-state index in [0.717, 1.165) is 25.7 Å². The van der Waals surface area contributed by atoms with Gasteiger partial charge in [-0.2, -0.15) is 0 Å². The average molecular weight is 1720 g/mol. The molecule has 15 atom stereocenters. The third kappa shape index (κ3) is 42.1. The molecule has 120 heavy (non-hydrogen) atoms.